The first-order chi connectivity index (χ1) is 22.8. The molecule has 0 N–H and O–H groups in total. The molecule has 0 aliphatic carbocycles. The third kappa shape index (κ3) is 4.41. The summed E-state index contributed by atoms with van der Waals surface area (Å²) >= 11 is 0. The molecule has 9 rings (SSSR count). The van der Waals surface area contributed by atoms with Gasteiger partial charge in [-0.1, -0.05) is 158 Å². The van der Waals surface area contributed by atoms with E-state index in [-0.39, 0.29) is 0 Å². The molecule has 0 aliphatic rings. The number of fused-ring (bicyclic) bond motifs is 6. The maximum Gasteiger partial charge on any atom is 0.164 e. The van der Waals surface area contributed by atoms with Crippen molar-refractivity contribution in [1.82, 2.24) is 15.0 Å². The topological polar surface area (TPSA) is 38.7 Å². The third-order valence-electron chi connectivity index (χ3n) is 8.91. The highest BCUT2D eigenvalue weighted by molar-refractivity contribution is 6.19. The second-order valence-corrected chi connectivity index (χ2v) is 11.6. The second kappa shape index (κ2) is 10.8. The Kier molecular flexibility index (Phi) is 6.14. The van der Waals surface area contributed by atoms with E-state index in [4.69, 9.17) is 15.0 Å². The molecule has 0 unspecified atom stereocenters. The number of hydrogen-bond acceptors (Lipinski definition) is 3. The molecule has 9 aromatic rings. The molecule has 0 saturated carbocycles. The van der Waals surface area contributed by atoms with Crippen molar-refractivity contribution >= 4 is 43.1 Å². The Morgan fingerprint density at radius 1 is 0.261 bits per heavy atom. The minimum Gasteiger partial charge on any atom is -0.208 e. The van der Waals surface area contributed by atoms with Gasteiger partial charge in [0.1, 0.15) is 0 Å². The SMILES string of the molecule is c1ccc(-c2nc(-c3cccc(-c4cccc5ccccc45)c3)nc(-c3cccc4c3ccc3c5ccccc5ccc43)n2)cc1. The molecule has 0 saturated heterocycles. The highest BCUT2D eigenvalue weighted by Gasteiger charge is 2.16. The van der Waals surface area contributed by atoms with Crippen LogP contribution in [0.5, 0.6) is 0 Å². The molecule has 3 heteroatoms. The predicted molar refractivity (Wildman–Crippen MR) is 192 cm³/mol. The van der Waals surface area contributed by atoms with Gasteiger partial charge in [0.2, 0.25) is 0 Å². The summed E-state index contributed by atoms with van der Waals surface area (Å²) in [5.74, 6) is 1.96. The maximum absolute atomic E-state index is 5.15. The third-order valence-corrected chi connectivity index (χ3v) is 8.91. The fourth-order valence-corrected chi connectivity index (χ4v) is 6.70. The molecule has 214 valence electrons. The summed E-state index contributed by atoms with van der Waals surface area (Å²) in [6.07, 6.45) is 0. The van der Waals surface area contributed by atoms with Crippen molar-refractivity contribution in [2.45, 2.75) is 0 Å². The quantitative estimate of drug-likeness (QED) is 0.193. The van der Waals surface area contributed by atoms with Gasteiger partial charge in [-0.05, 0) is 60.3 Å². The molecule has 3 nitrogen and oxygen atoms in total. The lowest BCUT2D eigenvalue weighted by molar-refractivity contribution is 1.08. The average Bonchev–Trinajstić information content (AvgIpc) is 3.14. The van der Waals surface area contributed by atoms with Crippen molar-refractivity contribution in [1.29, 1.82) is 0 Å². The summed E-state index contributed by atoms with van der Waals surface area (Å²) in [5, 5.41) is 9.70. The van der Waals surface area contributed by atoms with Gasteiger partial charge in [0.25, 0.3) is 0 Å². The smallest absolute Gasteiger partial charge is 0.164 e. The molecule has 0 radical (unpaired) electrons. The van der Waals surface area contributed by atoms with E-state index in [1.807, 2.05) is 18.2 Å². The van der Waals surface area contributed by atoms with Crippen LogP contribution in [0.25, 0.3) is 88.4 Å². The van der Waals surface area contributed by atoms with Crippen LogP contribution >= 0.6 is 0 Å². The summed E-state index contributed by atoms with van der Waals surface area (Å²) in [7, 11) is 0. The molecule has 0 spiro atoms. The van der Waals surface area contributed by atoms with Crippen molar-refractivity contribution in [2.24, 2.45) is 0 Å². The summed E-state index contributed by atoms with van der Waals surface area (Å²) in [5.41, 5.74) is 5.20. The Labute approximate surface area is 266 Å². The molecule has 0 bridgehead atoms. The van der Waals surface area contributed by atoms with Crippen molar-refractivity contribution in [2.75, 3.05) is 0 Å². The molecule has 8 aromatic carbocycles. The van der Waals surface area contributed by atoms with Crippen LogP contribution in [0.2, 0.25) is 0 Å². The van der Waals surface area contributed by atoms with Crippen LogP contribution in [0.4, 0.5) is 0 Å². The van der Waals surface area contributed by atoms with Gasteiger partial charge in [-0.15, -0.1) is 0 Å². The van der Waals surface area contributed by atoms with Gasteiger partial charge >= 0.3 is 0 Å². The molecule has 0 fully saturated rings. The Morgan fingerprint density at radius 2 is 0.761 bits per heavy atom. The molecule has 0 amide bonds. The van der Waals surface area contributed by atoms with Crippen LogP contribution in [0.1, 0.15) is 0 Å². The molecule has 1 heterocycles. The lowest BCUT2D eigenvalue weighted by Crippen LogP contribution is -2.00. The Hall–Kier alpha value is -6.19. The van der Waals surface area contributed by atoms with E-state index in [2.05, 4.69) is 146 Å². The van der Waals surface area contributed by atoms with Crippen molar-refractivity contribution in [3.8, 4) is 45.3 Å². The van der Waals surface area contributed by atoms with E-state index in [1.165, 1.54) is 43.3 Å². The largest absolute Gasteiger partial charge is 0.208 e. The minimum atomic E-state index is 0.648. The van der Waals surface area contributed by atoms with E-state index in [9.17, 15) is 0 Å². The normalized spacial score (nSPS) is 11.5. The van der Waals surface area contributed by atoms with Crippen LogP contribution in [-0.2, 0) is 0 Å². The van der Waals surface area contributed by atoms with Crippen molar-refractivity contribution in [3.63, 3.8) is 0 Å². The standard InChI is InChI=1S/C43H27N3/c1-2-13-30(14-3-1)41-44-42(32-17-8-16-31(27-32)35-20-9-15-28-11-4-6-18-33(28)35)46-43(45-41)40-22-10-21-36-38-24-23-29-12-5-7-19-34(29)37(38)25-26-39(36)40/h1-27H. The molecule has 1 aromatic heterocycles. The molecule has 0 aliphatic heterocycles. The maximum atomic E-state index is 5.15. The van der Waals surface area contributed by atoms with Gasteiger partial charge in [0, 0.05) is 16.7 Å². The number of hydrogen-bond donors (Lipinski definition) is 0. The summed E-state index contributed by atoms with van der Waals surface area (Å²) in [6.45, 7) is 0. The van der Waals surface area contributed by atoms with E-state index in [1.54, 1.807) is 0 Å². The molecular formula is C43H27N3. The first-order valence-corrected chi connectivity index (χ1v) is 15.5. The fraction of sp³-hybridized carbons (Fsp3) is 0. The number of aromatic nitrogens is 3. The van der Waals surface area contributed by atoms with Crippen LogP contribution in [0.15, 0.2) is 164 Å². The minimum absolute atomic E-state index is 0.648. The zero-order chi connectivity index (χ0) is 30.5. The zero-order valence-corrected chi connectivity index (χ0v) is 24.9. The molecule has 0 atom stereocenters. The Morgan fingerprint density at radius 3 is 1.63 bits per heavy atom. The Bertz CT molecular complexity index is 2580. The van der Waals surface area contributed by atoms with Gasteiger partial charge in [-0.25, -0.2) is 15.0 Å². The summed E-state index contributed by atoms with van der Waals surface area (Å²) < 4.78 is 0. The first kappa shape index (κ1) is 26.2. The van der Waals surface area contributed by atoms with Gasteiger partial charge in [-0.3, -0.25) is 0 Å². The summed E-state index contributed by atoms with van der Waals surface area (Å²) in [6, 6.07) is 57.5. The monoisotopic (exact) mass is 585 g/mol. The van der Waals surface area contributed by atoms with Crippen LogP contribution in [0.3, 0.4) is 0 Å². The number of rotatable bonds is 4. The number of benzene rings is 8. The van der Waals surface area contributed by atoms with Crippen LogP contribution in [-0.4, -0.2) is 15.0 Å². The van der Waals surface area contributed by atoms with Crippen molar-refractivity contribution < 1.29 is 0 Å². The lowest BCUT2D eigenvalue weighted by atomic mass is 9.95. The van der Waals surface area contributed by atoms with Gasteiger partial charge in [0.15, 0.2) is 17.5 Å². The van der Waals surface area contributed by atoms with Gasteiger partial charge in [0.05, 0.1) is 0 Å². The van der Waals surface area contributed by atoms with E-state index in [0.717, 1.165) is 27.6 Å². The van der Waals surface area contributed by atoms with E-state index in [0.29, 0.717) is 17.5 Å². The Balaban J connectivity index is 1.25. The highest BCUT2D eigenvalue weighted by atomic mass is 15.0. The van der Waals surface area contributed by atoms with Gasteiger partial charge < -0.3 is 0 Å². The first-order valence-electron chi connectivity index (χ1n) is 15.5. The van der Waals surface area contributed by atoms with E-state index < -0.39 is 0 Å². The van der Waals surface area contributed by atoms with Crippen LogP contribution < -0.4 is 0 Å². The lowest BCUT2D eigenvalue weighted by Gasteiger charge is -2.13. The second-order valence-electron chi connectivity index (χ2n) is 11.6. The van der Waals surface area contributed by atoms with Crippen LogP contribution in [0, 0.1) is 0 Å². The van der Waals surface area contributed by atoms with E-state index >= 15 is 0 Å². The fourth-order valence-electron chi connectivity index (χ4n) is 6.70. The summed E-state index contributed by atoms with van der Waals surface area (Å²) in [4.78, 5) is 15.3. The van der Waals surface area contributed by atoms with Gasteiger partial charge in [-0.2, -0.15) is 0 Å². The molecular weight excluding hydrogens is 558 g/mol. The average molecular weight is 586 g/mol. The highest BCUT2D eigenvalue weighted by Crippen LogP contribution is 2.37. The zero-order valence-electron chi connectivity index (χ0n) is 24.9. The van der Waals surface area contributed by atoms with Crippen molar-refractivity contribution in [3.05, 3.63) is 164 Å². The number of nitrogens with zero attached hydrogens (tertiary/aromatic N) is 3. The molecule has 46 heavy (non-hydrogen) atoms. The predicted octanol–water partition coefficient (Wildman–Crippen LogP) is 11.2.